The fourth-order valence-corrected chi connectivity index (χ4v) is 6.53. The lowest BCUT2D eigenvalue weighted by atomic mass is 9.93. The van der Waals surface area contributed by atoms with Gasteiger partial charge in [-0.15, -0.1) is 22.7 Å². The van der Waals surface area contributed by atoms with Crippen molar-refractivity contribution in [2.75, 3.05) is 39.3 Å². The average Bonchev–Trinajstić information content (AvgIpc) is 3.46. The lowest BCUT2D eigenvalue weighted by molar-refractivity contribution is -0.134. The maximum Gasteiger partial charge on any atom is 0.236 e. The first-order chi connectivity index (χ1) is 16.2. The van der Waals surface area contributed by atoms with Gasteiger partial charge in [0.1, 0.15) is 0 Å². The fourth-order valence-electron chi connectivity index (χ4n) is 4.93. The predicted molar refractivity (Wildman–Crippen MR) is 134 cm³/mol. The summed E-state index contributed by atoms with van der Waals surface area (Å²) in [6.45, 7) is 3.98. The van der Waals surface area contributed by atoms with Gasteiger partial charge in [0.15, 0.2) is 0 Å². The summed E-state index contributed by atoms with van der Waals surface area (Å²) in [5, 5.41) is 4.18. The Hall–Kier alpha value is -2.48. The van der Waals surface area contributed by atoms with E-state index in [1.807, 2.05) is 44.7 Å². The Bertz CT molecular complexity index is 1080. The second-order valence-electron chi connectivity index (χ2n) is 8.70. The minimum atomic E-state index is 0.126. The van der Waals surface area contributed by atoms with E-state index < -0.39 is 0 Å². The molecule has 0 unspecified atom stereocenters. The normalized spacial score (nSPS) is 19.2. The van der Waals surface area contributed by atoms with E-state index in [2.05, 4.69) is 40.6 Å². The molecule has 1 aromatic carbocycles. The molecule has 2 amide bonds. The summed E-state index contributed by atoms with van der Waals surface area (Å²) in [5.41, 5.74) is 2.58. The van der Waals surface area contributed by atoms with Crippen molar-refractivity contribution in [3.8, 4) is 0 Å². The summed E-state index contributed by atoms with van der Waals surface area (Å²) in [6.07, 6.45) is 2.29. The van der Waals surface area contributed by atoms with Gasteiger partial charge in [0.2, 0.25) is 11.8 Å². The SMILES string of the molecule is O=C(Cc1cccs1)N1CCCN(C(=O)CN2CCc3sccc3[C@@H]2c2ccccc2)CC1. The molecule has 0 saturated carbocycles. The van der Waals surface area contributed by atoms with Gasteiger partial charge in [-0.3, -0.25) is 14.5 Å². The quantitative estimate of drug-likeness (QED) is 0.554. The molecule has 1 fully saturated rings. The van der Waals surface area contributed by atoms with Crippen LogP contribution in [0.15, 0.2) is 59.3 Å². The van der Waals surface area contributed by atoms with Crippen LogP contribution in [0.4, 0.5) is 0 Å². The van der Waals surface area contributed by atoms with Crippen LogP contribution < -0.4 is 0 Å². The zero-order valence-corrected chi connectivity index (χ0v) is 20.3. The average molecular weight is 480 g/mol. The molecule has 4 heterocycles. The van der Waals surface area contributed by atoms with E-state index in [1.165, 1.54) is 16.0 Å². The Labute approximate surface area is 203 Å². The summed E-state index contributed by atoms with van der Waals surface area (Å²) < 4.78 is 0. The first kappa shape index (κ1) is 22.3. The summed E-state index contributed by atoms with van der Waals surface area (Å²) >= 11 is 3.44. The van der Waals surface area contributed by atoms with Gasteiger partial charge in [-0.2, -0.15) is 0 Å². The molecule has 5 nitrogen and oxygen atoms in total. The zero-order valence-electron chi connectivity index (χ0n) is 18.7. The van der Waals surface area contributed by atoms with Crippen LogP contribution in [0.25, 0.3) is 0 Å². The van der Waals surface area contributed by atoms with Crippen LogP contribution in [0.2, 0.25) is 0 Å². The van der Waals surface area contributed by atoms with Crippen LogP contribution in [0, 0.1) is 0 Å². The topological polar surface area (TPSA) is 43.9 Å². The van der Waals surface area contributed by atoms with Gasteiger partial charge in [-0.25, -0.2) is 0 Å². The number of carbonyl (C=O) groups excluding carboxylic acids is 2. The van der Waals surface area contributed by atoms with Crippen LogP contribution in [0.5, 0.6) is 0 Å². The summed E-state index contributed by atoms with van der Waals surface area (Å²) in [7, 11) is 0. The van der Waals surface area contributed by atoms with Crippen LogP contribution in [-0.4, -0.2) is 65.8 Å². The number of fused-ring (bicyclic) bond motifs is 1. The van der Waals surface area contributed by atoms with E-state index in [-0.39, 0.29) is 17.9 Å². The molecule has 2 aromatic heterocycles. The Kier molecular flexibility index (Phi) is 6.90. The molecule has 0 N–H and O–H groups in total. The van der Waals surface area contributed by atoms with E-state index >= 15 is 0 Å². The molecular formula is C26H29N3O2S2. The van der Waals surface area contributed by atoms with Crippen molar-refractivity contribution in [2.45, 2.75) is 25.3 Å². The lowest BCUT2D eigenvalue weighted by Gasteiger charge is -2.37. The van der Waals surface area contributed by atoms with E-state index in [4.69, 9.17) is 0 Å². The highest BCUT2D eigenvalue weighted by Crippen LogP contribution is 2.37. The maximum atomic E-state index is 13.4. The number of benzene rings is 1. The van der Waals surface area contributed by atoms with E-state index in [9.17, 15) is 9.59 Å². The van der Waals surface area contributed by atoms with E-state index in [0.717, 1.165) is 37.4 Å². The minimum absolute atomic E-state index is 0.126. The maximum absolute atomic E-state index is 13.4. The second-order valence-corrected chi connectivity index (χ2v) is 10.7. The third-order valence-corrected chi connectivity index (χ3v) is 8.50. The van der Waals surface area contributed by atoms with E-state index in [1.54, 1.807) is 11.3 Å². The first-order valence-corrected chi connectivity index (χ1v) is 13.4. The van der Waals surface area contributed by atoms with Crippen LogP contribution >= 0.6 is 22.7 Å². The number of thiophene rings is 2. The summed E-state index contributed by atoms with van der Waals surface area (Å²) in [4.78, 5) is 34.8. The summed E-state index contributed by atoms with van der Waals surface area (Å²) in [5.74, 6) is 0.332. The van der Waals surface area contributed by atoms with Gasteiger partial charge < -0.3 is 9.80 Å². The number of hydrogen-bond donors (Lipinski definition) is 0. The molecule has 5 rings (SSSR count). The Balaban J connectivity index is 1.24. The number of amides is 2. The van der Waals surface area contributed by atoms with Crippen LogP contribution in [-0.2, 0) is 22.4 Å². The zero-order chi connectivity index (χ0) is 22.6. The third-order valence-electron chi connectivity index (χ3n) is 6.63. The molecule has 1 saturated heterocycles. The molecule has 172 valence electrons. The lowest BCUT2D eigenvalue weighted by Crippen LogP contribution is -2.45. The van der Waals surface area contributed by atoms with E-state index in [0.29, 0.717) is 26.1 Å². The van der Waals surface area contributed by atoms with Crippen molar-refractivity contribution in [3.63, 3.8) is 0 Å². The van der Waals surface area contributed by atoms with Crippen molar-refractivity contribution in [1.29, 1.82) is 0 Å². The second kappa shape index (κ2) is 10.2. The van der Waals surface area contributed by atoms with Gasteiger partial charge in [-0.1, -0.05) is 36.4 Å². The van der Waals surface area contributed by atoms with Crippen molar-refractivity contribution in [2.24, 2.45) is 0 Å². The van der Waals surface area contributed by atoms with Crippen LogP contribution in [0.3, 0.4) is 0 Å². The molecule has 7 heteroatoms. The highest BCUT2D eigenvalue weighted by molar-refractivity contribution is 7.10. The molecule has 33 heavy (non-hydrogen) atoms. The van der Waals surface area contributed by atoms with Crippen molar-refractivity contribution in [3.05, 3.63) is 80.2 Å². The van der Waals surface area contributed by atoms with Crippen molar-refractivity contribution < 1.29 is 9.59 Å². The van der Waals surface area contributed by atoms with Gasteiger partial charge in [0.25, 0.3) is 0 Å². The third kappa shape index (κ3) is 5.05. The fraction of sp³-hybridized carbons (Fsp3) is 0.385. The van der Waals surface area contributed by atoms with Gasteiger partial charge in [0.05, 0.1) is 19.0 Å². The molecule has 0 radical (unpaired) electrons. The highest BCUT2D eigenvalue weighted by atomic mass is 32.1. The first-order valence-electron chi connectivity index (χ1n) is 11.6. The van der Waals surface area contributed by atoms with Crippen molar-refractivity contribution >= 4 is 34.5 Å². The van der Waals surface area contributed by atoms with Gasteiger partial charge >= 0.3 is 0 Å². The molecule has 0 aliphatic carbocycles. The molecule has 0 bridgehead atoms. The molecular weight excluding hydrogens is 450 g/mol. The molecule has 2 aliphatic heterocycles. The molecule has 2 aliphatic rings. The van der Waals surface area contributed by atoms with Crippen molar-refractivity contribution in [1.82, 2.24) is 14.7 Å². The number of carbonyl (C=O) groups is 2. The number of rotatable bonds is 5. The van der Waals surface area contributed by atoms with Gasteiger partial charge in [0, 0.05) is 42.5 Å². The Morgan fingerprint density at radius 3 is 2.36 bits per heavy atom. The largest absolute Gasteiger partial charge is 0.341 e. The highest BCUT2D eigenvalue weighted by Gasteiger charge is 2.32. The molecule has 0 spiro atoms. The molecule has 3 aromatic rings. The number of nitrogens with zero attached hydrogens (tertiary/aromatic N) is 3. The number of hydrogen-bond acceptors (Lipinski definition) is 5. The standard InChI is InChI=1S/C26H29N3O2S2/c30-24(18-21-8-4-16-32-21)27-11-5-12-28(15-14-27)25(31)19-29-13-9-23-22(10-17-33-23)26(29)20-6-2-1-3-7-20/h1-4,6-8,10,16-17,26H,5,9,11-15,18-19H2/t26-/m0/s1. The monoisotopic (exact) mass is 479 g/mol. The molecule has 1 atom stereocenters. The summed E-state index contributed by atoms with van der Waals surface area (Å²) in [6, 6.07) is 16.9. The van der Waals surface area contributed by atoms with Crippen LogP contribution in [0.1, 0.15) is 33.3 Å². The minimum Gasteiger partial charge on any atom is -0.341 e. The Morgan fingerprint density at radius 1 is 0.818 bits per heavy atom. The Morgan fingerprint density at radius 2 is 1.61 bits per heavy atom. The smallest absolute Gasteiger partial charge is 0.236 e. The van der Waals surface area contributed by atoms with Gasteiger partial charge in [-0.05, 0) is 46.9 Å². The predicted octanol–water partition coefficient (Wildman–Crippen LogP) is 4.06.